The van der Waals surface area contributed by atoms with E-state index in [0.29, 0.717) is 34.5 Å². The zero-order valence-electron chi connectivity index (χ0n) is 24.6. The lowest BCUT2D eigenvalue weighted by atomic mass is 10.0. The van der Waals surface area contributed by atoms with E-state index in [1.807, 2.05) is 24.3 Å². The summed E-state index contributed by atoms with van der Waals surface area (Å²) in [6.07, 6.45) is 1.33. The molecule has 3 aromatic rings. The molecule has 0 spiro atoms. The third kappa shape index (κ3) is 5.88. The van der Waals surface area contributed by atoms with Gasteiger partial charge in [0.25, 0.3) is 5.91 Å². The smallest absolute Gasteiger partial charge is 0.255 e. The third-order valence-corrected chi connectivity index (χ3v) is 8.75. The van der Waals surface area contributed by atoms with Gasteiger partial charge >= 0.3 is 0 Å². The molecule has 3 aliphatic rings. The molecule has 0 saturated carbocycles. The van der Waals surface area contributed by atoms with Crippen LogP contribution in [0.5, 0.6) is 5.75 Å². The molecular weight excluding hydrogens is 561 g/mol. The second-order valence-electron chi connectivity index (χ2n) is 11.5. The summed E-state index contributed by atoms with van der Waals surface area (Å²) in [7, 11) is 0. The molecule has 226 valence electrons. The van der Waals surface area contributed by atoms with Crippen molar-refractivity contribution in [2.45, 2.75) is 51.9 Å². The molecule has 1 atom stereocenters. The van der Waals surface area contributed by atoms with Crippen LogP contribution in [0.15, 0.2) is 54.6 Å². The predicted octanol–water partition coefficient (Wildman–Crippen LogP) is 3.92. The highest BCUT2D eigenvalue weighted by Gasteiger charge is 2.40. The largest absolute Gasteiger partial charge is 0.488 e. The Morgan fingerprint density at radius 3 is 2.57 bits per heavy atom. The van der Waals surface area contributed by atoms with Crippen molar-refractivity contribution in [2.24, 2.45) is 0 Å². The van der Waals surface area contributed by atoms with Crippen molar-refractivity contribution in [1.29, 1.82) is 5.26 Å². The van der Waals surface area contributed by atoms with Gasteiger partial charge in [-0.25, -0.2) is 4.39 Å². The number of carbonyl (C=O) groups excluding carboxylic acids is 3. The van der Waals surface area contributed by atoms with Crippen molar-refractivity contribution in [3.05, 3.63) is 93.8 Å². The number of piperidine rings is 1. The summed E-state index contributed by atoms with van der Waals surface area (Å²) in [5.41, 5.74) is 5.45. The Morgan fingerprint density at radius 2 is 1.84 bits per heavy atom. The fraction of sp³-hybridized carbons (Fsp3) is 0.353. The summed E-state index contributed by atoms with van der Waals surface area (Å²) in [6.45, 7) is 6.35. The molecule has 2 saturated heterocycles. The average Bonchev–Trinajstić information content (AvgIpc) is 3.37. The maximum Gasteiger partial charge on any atom is 0.255 e. The lowest BCUT2D eigenvalue weighted by molar-refractivity contribution is -0.136. The van der Waals surface area contributed by atoms with E-state index in [1.54, 1.807) is 30.3 Å². The first-order valence-corrected chi connectivity index (χ1v) is 15.0. The number of hydrogen-bond donors (Lipinski definition) is 1. The van der Waals surface area contributed by atoms with Crippen LogP contribution in [0.3, 0.4) is 0 Å². The number of rotatable bonds is 8. The van der Waals surface area contributed by atoms with Crippen LogP contribution >= 0.6 is 0 Å². The van der Waals surface area contributed by atoms with Crippen LogP contribution < -0.4 is 15.0 Å². The number of nitrogens with one attached hydrogen (secondary N) is 1. The number of piperazine rings is 1. The molecule has 0 bridgehead atoms. The van der Waals surface area contributed by atoms with E-state index in [-0.39, 0.29) is 43.6 Å². The molecule has 0 radical (unpaired) electrons. The summed E-state index contributed by atoms with van der Waals surface area (Å²) >= 11 is 0. The van der Waals surface area contributed by atoms with Crippen LogP contribution in [0, 0.1) is 17.1 Å². The first-order valence-electron chi connectivity index (χ1n) is 15.0. The van der Waals surface area contributed by atoms with E-state index in [0.717, 1.165) is 38.2 Å². The number of imide groups is 1. The van der Waals surface area contributed by atoms with Crippen molar-refractivity contribution in [3.63, 3.8) is 0 Å². The number of anilines is 1. The number of ether oxygens (including phenoxy) is 1. The van der Waals surface area contributed by atoms with E-state index in [2.05, 4.69) is 28.1 Å². The van der Waals surface area contributed by atoms with E-state index < -0.39 is 11.9 Å². The molecule has 2 fully saturated rings. The van der Waals surface area contributed by atoms with Gasteiger partial charge in [0.05, 0.1) is 18.2 Å². The minimum Gasteiger partial charge on any atom is -0.488 e. The summed E-state index contributed by atoms with van der Waals surface area (Å²) in [5, 5.41) is 11.5. The second kappa shape index (κ2) is 12.5. The van der Waals surface area contributed by atoms with Gasteiger partial charge in [0, 0.05) is 61.5 Å². The first kappa shape index (κ1) is 29.3. The minimum atomic E-state index is -0.710. The summed E-state index contributed by atoms with van der Waals surface area (Å²) in [4.78, 5) is 43.2. The van der Waals surface area contributed by atoms with E-state index >= 15 is 4.39 Å². The van der Waals surface area contributed by atoms with Crippen molar-refractivity contribution < 1.29 is 23.5 Å². The van der Waals surface area contributed by atoms with Gasteiger partial charge in [0.15, 0.2) is 0 Å². The van der Waals surface area contributed by atoms with Crippen molar-refractivity contribution in [1.82, 2.24) is 15.1 Å². The molecule has 1 N–H and O–H groups in total. The average molecular weight is 596 g/mol. The van der Waals surface area contributed by atoms with Gasteiger partial charge in [0.2, 0.25) is 11.8 Å². The molecule has 44 heavy (non-hydrogen) atoms. The van der Waals surface area contributed by atoms with Crippen LogP contribution in [0.1, 0.15) is 57.9 Å². The molecule has 0 aliphatic carbocycles. The molecule has 3 aliphatic heterocycles. The standard InChI is InChI=1S/C34H34FN5O4/c1-2-24-16-22(18-36)7-9-29(24)39-14-12-38(13-15-39)19-23-6-8-25(28(35)17-23)21-44-31-5-3-4-26-27(31)20-40(34(26)43)30-10-11-32(41)37-33(30)42/h3-9,16-17,30H,2,10-15,19-21H2,1H3,(H,37,41,42)/t30-/m0/s1. The maximum absolute atomic E-state index is 15.2. The number of nitrogens with zero attached hydrogens (tertiary/aromatic N) is 4. The number of benzene rings is 3. The molecule has 6 rings (SSSR count). The lowest BCUT2D eigenvalue weighted by Crippen LogP contribution is -2.52. The van der Waals surface area contributed by atoms with Crippen LogP contribution in [0.4, 0.5) is 10.1 Å². The normalized spacial score (nSPS) is 18.7. The first-order chi connectivity index (χ1) is 21.3. The summed E-state index contributed by atoms with van der Waals surface area (Å²) in [6, 6.07) is 17.8. The number of hydrogen-bond acceptors (Lipinski definition) is 7. The van der Waals surface area contributed by atoms with Crippen molar-refractivity contribution >= 4 is 23.4 Å². The van der Waals surface area contributed by atoms with Gasteiger partial charge in [-0.1, -0.05) is 25.1 Å². The Kier molecular flexibility index (Phi) is 8.31. The van der Waals surface area contributed by atoms with Crippen molar-refractivity contribution in [2.75, 3.05) is 31.1 Å². The number of aryl methyl sites for hydroxylation is 1. The fourth-order valence-electron chi connectivity index (χ4n) is 6.31. The molecule has 3 aromatic carbocycles. The molecule has 0 aromatic heterocycles. The van der Waals surface area contributed by atoms with Gasteiger partial charge in [-0.05, 0) is 60.4 Å². The lowest BCUT2D eigenvalue weighted by Gasteiger charge is -2.37. The number of nitriles is 1. The van der Waals surface area contributed by atoms with Gasteiger partial charge in [-0.15, -0.1) is 0 Å². The van der Waals surface area contributed by atoms with Crippen molar-refractivity contribution in [3.8, 4) is 11.8 Å². The maximum atomic E-state index is 15.2. The molecule has 9 nitrogen and oxygen atoms in total. The minimum absolute atomic E-state index is 0.00178. The van der Waals surface area contributed by atoms with E-state index in [9.17, 15) is 19.6 Å². The van der Waals surface area contributed by atoms with E-state index in [1.165, 1.54) is 16.2 Å². The van der Waals surface area contributed by atoms with Gasteiger partial charge in [-0.2, -0.15) is 5.26 Å². The van der Waals surface area contributed by atoms with Gasteiger partial charge in [0.1, 0.15) is 24.2 Å². The van der Waals surface area contributed by atoms with Crippen LogP contribution in [0.2, 0.25) is 0 Å². The molecule has 3 amide bonds. The summed E-state index contributed by atoms with van der Waals surface area (Å²) < 4.78 is 21.2. The Hall–Kier alpha value is -4.75. The molecule has 0 unspecified atom stereocenters. The monoisotopic (exact) mass is 595 g/mol. The third-order valence-electron chi connectivity index (χ3n) is 8.75. The number of fused-ring (bicyclic) bond motifs is 1. The highest BCUT2D eigenvalue weighted by atomic mass is 19.1. The topological polar surface area (TPSA) is 106 Å². The van der Waals surface area contributed by atoms with Gasteiger partial charge < -0.3 is 14.5 Å². The molecule has 10 heteroatoms. The van der Waals surface area contributed by atoms with Crippen LogP contribution in [0.25, 0.3) is 0 Å². The Balaban J connectivity index is 1.05. The Bertz CT molecular complexity index is 1660. The number of carbonyl (C=O) groups is 3. The zero-order valence-corrected chi connectivity index (χ0v) is 24.6. The number of halogens is 1. The van der Waals surface area contributed by atoms with Crippen LogP contribution in [-0.4, -0.2) is 59.7 Å². The summed E-state index contributed by atoms with van der Waals surface area (Å²) in [5.74, 6) is -0.953. The molecule has 3 heterocycles. The predicted molar refractivity (Wildman–Crippen MR) is 161 cm³/mol. The van der Waals surface area contributed by atoms with Gasteiger partial charge in [-0.3, -0.25) is 24.6 Å². The SMILES string of the molecule is CCc1cc(C#N)ccc1N1CCN(Cc2ccc(COc3cccc4c3CN([C@H]3CCC(=O)NC3=O)C4=O)c(F)c2)CC1. The quantitative estimate of drug-likeness (QED) is 0.394. The van der Waals surface area contributed by atoms with E-state index in [4.69, 9.17) is 4.74 Å². The number of amides is 3. The second-order valence-corrected chi connectivity index (χ2v) is 11.5. The highest BCUT2D eigenvalue weighted by molar-refractivity contribution is 6.05. The fourth-order valence-corrected chi connectivity index (χ4v) is 6.31. The highest BCUT2D eigenvalue weighted by Crippen LogP contribution is 2.34. The molecular formula is C34H34FN5O4. The Morgan fingerprint density at radius 1 is 1.02 bits per heavy atom. The van der Waals surface area contributed by atoms with Crippen LogP contribution in [-0.2, 0) is 35.7 Å². The zero-order chi connectivity index (χ0) is 30.8. The Labute approximate surface area is 255 Å².